The zero-order valence-corrected chi connectivity index (χ0v) is 9.89. The van der Waals surface area contributed by atoms with Crippen LogP contribution in [0.1, 0.15) is 33.1 Å². The van der Waals surface area contributed by atoms with E-state index in [2.05, 4.69) is 13.8 Å². The average molecular weight is 218 g/mol. The van der Waals surface area contributed by atoms with Gasteiger partial charge in [0.1, 0.15) is 0 Å². The maximum atomic E-state index is 11.5. The highest BCUT2D eigenvalue weighted by Crippen LogP contribution is 2.24. The zero-order chi connectivity index (χ0) is 10.6. The third-order valence-electron chi connectivity index (χ3n) is 3.14. The van der Waals surface area contributed by atoms with Crippen LogP contribution in [0.5, 0.6) is 0 Å². The van der Waals surface area contributed by atoms with E-state index in [1.165, 1.54) is 0 Å². The molecule has 2 nitrogen and oxygen atoms in total. The Morgan fingerprint density at radius 3 is 2.43 bits per heavy atom. The van der Waals surface area contributed by atoms with Gasteiger partial charge in [0.15, 0.2) is 0 Å². The molecule has 0 bridgehead atoms. The molecule has 1 aliphatic rings. The van der Waals surface area contributed by atoms with Crippen LogP contribution in [0.4, 0.5) is 0 Å². The normalized spacial score (nSPS) is 19.0. The number of carbonyl (C=O) groups excluding carboxylic acids is 1. The van der Waals surface area contributed by atoms with Gasteiger partial charge in [-0.1, -0.05) is 13.8 Å². The molecule has 3 heteroatoms. The van der Waals surface area contributed by atoms with E-state index < -0.39 is 0 Å². The zero-order valence-electron chi connectivity index (χ0n) is 9.13. The summed E-state index contributed by atoms with van der Waals surface area (Å²) in [5.74, 6) is 2.22. The number of carbonyl (C=O) groups is 1. The highest BCUT2D eigenvalue weighted by Gasteiger charge is 2.23. The van der Waals surface area contributed by atoms with E-state index in [0.717, 1.165) is 37.8 Å². The predicted octanol–water partition coefficient (Wildman–Crippen LogP) is 2.51. The highest BCUT2D eigenvalue weighted by atomic mass is 35.5. The molecule has 0 N–H and O–H groups in total. The molecule has 1 fully saturated rings. The van der Waals surface area contributed by atoms with Gasteiger partial charge in [-0.05, 0) is 24.7 Å². The molecule has 0 aromatic heterocycles. The molecular weight excluding hydrogens is 198 g/mol. The quantitative estimate of drug-likeness (QED) is 0.666. The second kappa shape index (κ2) is 5.59. The van der Waals surface area contributed by atoms with E-state index in [4.69, 9.17) is 11.6 Å². The van der Waals surface area contributed by atoms with Crippen LogP contribution in [-0.2, 0) is 4.79 Å². The summed E-state index contributed by atoms with van der Waals surface area (Å²) >= 11 is 5.55. The molecule has 0 atom stereocenters. The molecule has 1 aliphatic heterocycles. The van der Waals surface area contributed by atoms with E-state index in [9.17, 15) is 4.79 Å². The summed E-state index contributed by atoms with van der Waals surface area (Å²) in [4.78, 5) is 13.5. The van der Waals surface area contributed by atoms with Gasteiger partial charge in [-0.15, -0.1) is 11.6 Å². The molecule has 82 valence electrons. The molecule has 0 aliphatic carbocycles. The van der Waals surface area contributed by atoms with Crippen molar-refractivity contribution in [2.75, 3.05) is 19.0 Å². The number of amides is 1. The van der Waals surface area contributed by atoms with Crippen LogP contribution in [0.15, 0.2) is 0 Å². The molecule has 0 spiro atoms. The van der Waals surface area contributed by atoms with Crippen molar-refractivity contribution in [2.24, 2.45) is 11.8 Å². The fourth-order valence-corrected chi connectivity index (χ4v) is 2.22. The Morgan fingerprint density at radius 1 is 1.43 bits per heavy atom. The van der Waals surface area contributed by atoms with Gasteiger partial charge in [0.05, 0.1) is 0 Å². The smallest absolute Gasteiger partial charge is 0.223 e. The Morgan fingerprint density at radius 2 is 2.00 bits per heavy atom. The van der Waals surface area contributed by atoms with Crippen LogP contribution in [0, 0.1) is 11.8 Å². The van der Waals surface area contributed by atoms with Gasteiger partial charge in [0.2, 0.25) is 5.91 Å². The first-order valence-electron chi connectivity index (χ1n) is 5.49. The van der Waals surface area contributed by atoms with Crippen molar-refractivity contribution < 1.29 is 4.79 Å². The topological polar surface area (TPSA) is 20.3 Å². The Bertz CT molecular complexity index is 186. The Hall–Kier alpha value is -0.240. The second-order valence-electron chi connectivity index (χ2n) is 4.40. The first-order chi connectivity index (χ1) is 6.65. The SMILES string of the molecule is CC(C)C1CCN(C(=O)CCCl)CC1. The van der Waals surface area contributed by atoms with Crippen molar-refractivity contribution >= 4 is 17.5 Å². The molecule has 0 aromatic carbocycles. The van der Waals surface area contributed by atoms with Gasteiger partial charge < -0.3 is 4.90 Å². The van der Waals surface area contributed by atoms with E-state index in [1.807, 2.05) is 4.90 Å². The fraction of sp³-hybridized carbons (Fsp3) is 0.909. The Balaban J connectivity index is 2.31. The lowest BCUT2D eigenvalue weighted by atomic mass is 9.87. The summed E-state index contributed by atoms with van der Waals surface area (Å²) in [6, 6.07) is 0. The summed E-state index contributed by atoms with van der Waals surface area (Å²) in [6.07, 6.45) is 2.81. The number of rotatable bonds is 3. The highest BCUT2D eigenvalue weighted by molar-refractivity contribution is 6.18. The van der Waals surface area contributed by atoms with E-state index >= 15 is 0 Å². The molecule has 0 aromatic rings. The van der Waals surface area contributed by atoms with Crippen molar-refractivity contribution in [3.8, 4) is 0 Å². The lowest BCUT2D eigenvalue weighted by Gasteiger charge is -2.33. The summed E-state index contributed by atoms with van der Waals surface area (Å²) in [5.41, 5.74) is 0. The second-order valence-corrected chi connectivity index (χ2v) is 4.78. The van der Waals surface area contributed by atoms with Crippen LogP contribution in [0.2, 0.25) is 0 Å². The van der Waals surface area contributed by atoms with E-state index in [-0.39, 0.29) is 5.91 Å². The van der Waals surface area contributed by atoms with Gasteiger partial charge in [-0.3, -0.25) is 4.79 Å². The van der Waals surface area contributed by atoms with Crippen molar-refractivity contribution in [2.45, 2.75) is 33.1 Å². The van der Waals surface area contributed by atoms with Crippen LogP contribution in [-0.4, -0.2) is 29.8 Å². The number of hydrogen-bond donors (Lipinski definition) is 0. The molecular formula is C11H20ClNO. The van der Waals surface area contributed by atoms with Gasteiger partial charge in [-0.25, -0.2) is 0 Å². The Labute approximate surface area is 91.6 Å². The minimum atomic E-state index is 0.224. The number of likely N-dealkylation sites (tertiary alicyclic amines) is 1. The number of halogens is 1. The monoisotopic (exact) mass is 217 g/mol. The summed E-state index contributed by atoms with van der Waals surface area (Å²) < 4.78 is 0. The van der Waals surface area contributed by atoms with Crippen LogP contribution in [0.3, 0.4) is 0 Å². The number of alkyl halides is 1. The lowest BCUT2D eigenvalue weighted by molar-refractivity contribution is -0.132. The average Bonchev–Trinajstić information content (AvgIpc) is 2.18. The molecule has 1 saturated heterocycles. The van der Waals surface area contributed by atoms with Crippen molar-refractivity contribution in [3.63, 3.8) is 0 Å². The van der Waals surface area contributed by atoms with E-state index in [0.29, 0.717) is 12.3 Å². The first kappa shape index (κ1) is 11.8. The van der Waals surface area contributed by atoms with E-state index in [1.54, 1.807) is 0 Å². The lowest BCUT2D eigenvalue weighted by Crippen LogP contribution is -2.39. The standard InChI is InChI=1S/C11H20ClNO/c1-9(2)10-4-7-13(8-5-10)11(14)3-6-12/h9-10H,3-8H2,1-2H3. The maximum absolute atomic E-state index is 11.5. The fourth-order valence-electron chi connectivity index (χ4n) is 2.05. The third kappa shape index (κ3) is 3.16. The molecule has 1 amide bonds. The first-order valence-corrected chi connectivity index (χ1v) is 6.02. The van der Waals surface area contributed by atoms with Crippen LogP contribution >= 0.6 is 11.6 Å². The third-order valence-corrected chi connectivity index (χ3v) is 3.33. The van der Waals surface area contributed by atoms with Gasteiger partial charge in [0, 0.05) is 25.4 Å². The van der Waals surface area contributed by atoms with Crippen LogP contribution in [0.25, 0.3) is 0 Å². The van der Waals surface area contributed by atoms with Gasteiger partial charge >= 0.3 is 0 Å². The minimum absolute atomic E-state index is 0.224. The largest absolute Gasteiger partial charge is 0.343 e. The summed E-state index contributed by atoms with van der Waals surface area (Å²) in [6.45, 7) is 6.39. The molecule has 1 heterocycles. The predicted molar refractivity (Wildman–Crippen MR) is 59.5 cm³/mol. The number of nitrogens with zero attached hydrogens (tertiary/aromatic N) is 1. The van der Waals surface area contributed by atoms with Gasteiger partial charge in [-0.2, -0.15) is 0 Å². The van der Waals surface area contributed by atoms with Crippen molar-refractivity contribution in [1.29, 1.82) is 0 Å². The number of hydrogen-bond acceptors (Lipinski definition) is 1. The molecule has 0 radical (unpaired) electrons. The minimum Gasteiger partial charge on any atom is -0.343 e. The number of piperidine rings is 1. The maximum Gasteiger partial charge on any atom is 0.223 e. The van der Waals surface area contributed by atoms with Crippen molar-refractivity contribution in [3.05, 3.63) is 0 Å². The molecule has 0 unspecified atom stereocenters. The summed E-state index contributed by atoms with van der Waals surface area (Å²) in [7, 11) is 0. The van der Waals surface area contributed by atoms with Gasteiger partial charge in [0.25, 0.3) is 0 Å². The summed E-state index contributed by atoms with van der Waals surface area (Å²) in [5, 5.41) is 0. The molecule has 1 rings (SSSR count). The van der Waals surface area contributed by atoms with Crippen molar-refractivity contribution in [1.82, 2.24) is 4.90 Å². The van der Waals surface area contributed by atoms with Crippen LogP contribution < -0.4 is 0 Å². The molecule has 0 saturated carbocycles. The Kier molecular flexibility index (Phi) is 4.73. The molecule has 14 heavy (non-hydrogen) atoms.